The van der Waals surface area contributed by atoms with E-state index in [1.54, 1.807) is 12.1 Å². The number of nitrogens with two attached hydrogens (primary N) is 1. The van der Waals surface area contributed by atoms with E-state index < -0.39 is 0 Å². The molecule has 1 unspecified atom stereocenters. The van der Waals surface area contributed by atoms with Gasteiger partial charge in [0.2, 0.25) is 0 Å². The molecule has 88 valence electrons. The molecule has 1 aromatic carbocycles. The van der Waals surface area contributed by atoms with E-state index in [2.05, 4.69) is 5.32 Å². The van der Waals surface area contributed by atoms with Crippen molar-refractivity contribution in [1.82, 2.24) is 5.32 Å². The van der Waals surface area contributed by atoms with E-state index in [1.807, 2.05) is 12.1 Å². The Balaban J connectivity index is 1.85. The van der Waals surface area contributed by atoms with Gasteiger partial charge in [0.15, 0.2) is 0 Å². The maximum Gasteiger partial charge on any atom is 0.115 e. The highest BCUT2D eigenvalue weighted by atomic mass is 16.3. The Hall–Kier alpha value is -1.06. The molecular formula is C13H20N2O. The zero-order chi connectivity index (χ0) is 11.4. The zero-order valence-electron chi connectivity index (χ0n) is 9.52. The van der Waals surface area contributed by atoms with Crippen molar-refractivity contribution in [3.63, 3.8) is 0 Å². The second kappa shape index (κ2) is 5.32. The number of rotatable bonds is 4. The van der Waals surface area contributed by atoms with Crippen LogP contribution in [0.3, 0.4) is 0 Å². The minimum absolute atomic E-state index is 0.0345. The predicted octanol–water partition coefficient (Wildman–Crippen LogP) is 1.92. The number of hydrogen-bond acceptors (Lipinski definition) is 3. The lowest BCUT2D eigenvalue weighted by molar-refractivity contribution is 0.469. The normalized spacial score (nSPS) is 18.8. The van der Waals surface area contributed by atoms with Crippen molar-refractivity contribution in [2.75, 3.05) is 6.54 Å². The van der Waals surface area contributed by atoms with Gasteiger partial charge in [-0.25, -0.2) is 0 Å². The quantitative estimate of drug-likeness (QED) is 0.726. The van der Waals surface area contributed by atoms with E-state index in [9.17, 15) is 5.11 Å². The fourth-order valence-corrected chi connectivity index (χ4v) is 2.30. The minimum Gasteiger partial charge on any atom is -0.508 e. The maximum absolute atomic E-state index is 9.37. The van der Waals surface area contributed by atoms with Gasteiger partial charge >= 0.3 is 0 Å². The summed E-state index contributed by atoms with van der Waals surface area (Å²) in [5, 5.41) is 12.9. The molecule has 0 amide bonds. The van der Waals surface area contributed by atoms with Gasteiger partial charge in [-0.1, -0.05) is 25.0 Å². The molecule has 0 heterocycles. The monoisotopic (exact) mass is 220 g/mol. The van der Waals surface area contributed by atoms with E-state index in [4.69, 9.17) is 5.73 Å². The second-order valence-corrected chi connectivity index (χ2v) is 4.59. The van der Waals surface area contributed by atoms with Gasteiger partial charge in [0.1, 0.15) is 5.75 Å². The number of phenols is 1. The van der Waals surface area contributed by atoms with Gasteiger partial charge in [0.25, 0.3) is 0 Å². The summed E-state index contributed by atoms with van der Waals surface area (Å²) in [7, 11) is 0. The molecule has 0 saturated heterocycles. The molecule has 4 N–H and O–H groups in total. The van der Waals surface area contributed by atoms with E-state index in [0.29, 0.717) is 6.04 Å². The summed E-state index contributed by atoms with van der Waals surface area (Å²) in [5.41, 5.74) is 7.06. The second-order valence-electron chi connectivity index (χ2n) is 4.59. The maximum atomic E-state index is 9.37. The van der Waals surface area contributed by atoms with Gasteiger partial charge in [0.05, 0.1) is 0 Å². The summed E-state index contributed by atoms with van der Waals surface area (Å²) in [5.74, 6) is 0.286. The summed E-state index contributed by atoms with van der Waals surface area (Å²) < 4.78 is 0. The highest BCUT2D eigenvalue weighted by molar-refractivity contribution is 5.29. The van der Waals surface area contributed by atoms with Crippen molar-refractivity contribution < 1.29 is 5.11 Å². The highest BCUT2D eigenvalue weighted by Crippen LogP contribution is 2.19. The average Bonchev–Trinajstić information content (AvgIpc) is 2.78. The van der Waals surface area contributed by atoms with Crippen LogP contribution in [0, 0.1) is 0 Å². The molecule has 0 aliphatic heterocycles. The Morgan fingerprint density at radius 3 is 2.81 bits per heavy atom. The van der Waals surface area contributed by atoms with Gasteiger partial charge in [-0.05, 0) is 30.5 Å². The summed E-state index contributed by atoms with van der Waals surface area (Å²) in [6.07, 6.45) is 5.21. The Labute approximate surface area is 96.7 Å². The van der Waals surface area contributed by atoms with Gasteiger partial charge in [-0.3, -0.25) is 0 Å². The summed E-state index contributed by atoms with van der Waals surface area (Å²) in [4.78, 5) is 0. The number of aromatic hydroxyl groups is 1. The molecule has 1 fully saturated rings. The first-order valence-electron chi connectivity index (χ1n) is 6.03. The molecule has 1 atom stereocenters. The lowest BCUT2D eigenvalue weighted by Gasteiger charge is -2.17. The van der Waals surface area contributed by atoms with Crippen LogP contribution >= 0.6 is 0 Å². The van der Waals surface area contributed by atoms with Crippen molar-refractivity contribution in [3.05, 3.63) is 29.8 Å². The van der Waals surface area contributed by atoms with Crippen LogP contribution in [0.4, 0.5) is 0 Å². The first-order chi connectivity index (χ1) is 7.75. The lowest BCUT2D eigenvalue weighted by Crippen LogP contribution is -2.33. The third-order valence-corrected chi connectivity index (χ3v) is 3.28. The van der Waals surface area contributed by atoms with Gasteiger partial charge in [-0.15, -0.1) is 0 Å². The van der Waals surface area contributed by atoms with Crippen molar-refractivity contribution in [1.29, 1.82) is 0 Å². The van der Waals surface area contributed by atoms with Gasteiger partial charge in [0, 0.05) is 18.6 Å². The molecule has 1 saturated carbocycles. The van der Waals surface area contributed by atoms with Crippen LogP contribution in [-0.4, -0.2) is 17.7 Å². The smallest absolute Gasteiger partial charge is 0.115 e. The molecule has 1 aromatic rings. The number of benzene rings is 1. The standard InChI is InChI=1S/C13H20N2O/c14-13(9-15-11-5-1-2-6-11)10-4-3-7-12(16)8-10/h3-4,7-8,11,13,15-16H,1-2,5-6,9,14H2. The number of hydrogen-bond donors (Lipinski definition) is 3. The Morgan fingerprint density at radius 1 is 1.38 bits per heavy atom. The van der Waals surface area contributed by atoms with Crippen molar-refractivity contribution >= 4 is 0 Å². The molecule has 16 heavy (non-hydrogen) atoms. The largest absolute Gasteiger partial charge is 0.508 e. The third kappa shape index (κ3) is 2.97. The molecule has 0 spiro atoms. The fraction of sp³-hybridized carbons (Fsp3) is 0.538. The molecule has 0 aromatic heterocycles. The number of phenolic OH excluding ortho intramolecular Hbond substituents is 1. The molecule has 3 nitrogen and oxygen atoms in total. The van der Waals surface area contributed by atoms with Crippen LogP contribution in [-0.2, 0) is 0 Å². The van der Waals surface area contributed by atoms with Crippen LogP contribution in [0.1, 0.15) is 37.3 Å². The molecule has 1 aliphatic carbocycles. The molecule has 1 aliphatic rings. The van der Waals surface area contributed by atoms with Crippen LogP contribution in [0.5, 0.6) is 5.75 Å². The SMILES string of the molecule is NC(CNC1CCCC1)c1cccc(O)c1. The van der Waals surface area contributed by atoms with Crippen LogP contribution in [0.2, 0.25) is 0 Å². The van der Waals surface area contributed by atoms with Crippen LogP contribution in [0.25, 0.3) is 0 Å². The zero-order valence-corrected chi connectivity index (χ0v) is 9.52. The lowest BCUT2D eigenvalue weighted by atomic mass is 10.1. The van der Waals surface area contributed by atoms with E-state index in [0.717, 1.165) is 12.1 Å². The minimum atomic E-state index is -0.0345. The van der Waals surface area contributed by atoms with Gasteiger partial charge in [-0.2, -0.15) is 0 Å². The van der Waals surface area contributed by atoms with Crippen molar-refractivity contribution in [3.8, 4) is 5.75 Å². The van der Waals surface area contributed by atoms with E-state index in [-0.39, 0.29) is 11.8 Å². The van der Waals surface area contributed by atoms with Crippen LogP contribution in [0.15, 0.2) is 24.3 Å². The number of nitrogens with one attached hydrogen (secondary N) is 1. The summed E-state index contributed by atoms with van der Waals surface area (Å²) in [6.45, 7) is 0.786. The Morgan fingerprint density at radius 2 is 2.12 bits per heavy atom. The molecule has 0 bridgehead atoms. The Bertz CT molecular complexity index is 334. The average molecular weight is 220 g/mol. The summed E-state index contributed by atoms with van der Waals surface area (Å²) >= 11 is 0. The molecule has 3 heteroatoms. The van der Waals surface area contributed by atoms with Crippen LogP contribution < -0.4 is 11.1 Å². The highest BCUT2D eigenvalue weighted by Gasteiger charge is 2.15. The molecule has 0 radical (unpaired) electrons. The fourth-order valence-electron chi connectivity index (χ4n) is 2.30. The first-order valence-corrected chi connectivity index (χ1v) is 6.03. The topological polar surface area (TPSA) is 58.3 Å². The molecule has 2 rings (SSSR count). The first kappa shape index (κ1) is 11.4. The van der Waals surface area contributed by atoms with Crippen molar-refractivity contribution in [2.24, 2.45) is 5.73 Å². The predicted molar refractivity (Wildman–Crippen MR) is 65.3 cm³/mol. The Kier molecular flexibility index (Phi) is 3.80. The van der Waals surface area contributed by atoms with Gasteiger partial charge < -0.3 is 16.2 Å². The summed E-state index contributed by atoms with van der Waals surface area (Å²) in [6, 6.07) is 7.80. The van der Waals surface area contributed by atoms with E-state index in [1.165, 1.54) is 25.7 Å². The molecular weight excluding hydrogens is 200 g/mol. The third-order valence-electron chi connectivity index (χ3n) is 3.28. The van der Waals surface area contributed by atoms with E-state index >= 15 is 0 Å². The van der Waals surface area contributed by atoms with Crippen molar-refractivity contribution in [2.45, 2.75) is 37.8 Å².